The van der Waals surface area contributed by atoms with Crippen LogP contribution in [-0.4, -0.2) is 85.2 Å². The van der Waals surface area contributed by atoms with Gasteiger partial charge in [-0.3, -0.25) is 19.2 Å². The zero-order chi connectivity index (χ0) is 63.8. The molecule has 1 aliphatic carbocycles. The van der Waals surface area contributed by atoms with E-state index in [-0.39, 0.29) is 71.7 Å². The topological polar surface area (TPSA) is 311 Å². The van der Waals surface area contributed by atoms with Crippen molar-refractivity contribution in [3.63, 3.8) is 0 Å². The molecule has 4 aromatic rings. The molecule has 0 atom stereocenters. The lowest BCUT2D eigenvalue weighted by atomic mass is 9.76. The van der Waals surface area contributed by atoms with Crippen molar-refractivity contribution >= 4 is 23.9 Å². The summed E-state index contributed by atoms with van der Waals surface area (Å²) in [5.74, 6) is -7.63. The Morgan fingerprint density at radius 2 is 0.330 bits per heavy atom. The Hall–Kier alpha value is -6.84. The number of benzene rings is 4. The summed E-state index contributed by atoms with van der Waals surface area (Å²) in [7, 11) is 0. The van der Waals surface area contributed by atoms with Crippen molar-refractivity contribution in [1.82, 2.24) is 0 Å². The Kier molecular flexibility index (Phi) is 32.1. The number of carboxylic acids is 4. The van der Waals surface area contributed by atoms with Gasteiger partial charge < -0.3 is 61.3 Å². The molecule has 4 aromatic carbocycles. The summed E-state index contributed by atoms with van der Waals surface area (Å²) < 4.78 is 0. The largest absolute Gasteiger partial charge is 0.508 e. The van der Waals surface area contributed by atoms with E-state index >= 15 is 0 Å². The van der Waals surface area contributed by atoms with Crippen LogP contribution in [0.2, 0.25) is 0 Å². The van der Waals surface area contributed by atoms with E-state index in [0.29, 0.717) is 122 Å². The van der Waals surface area contributed by atoms with Gasteiger partial charge in [0.25, 0.3) is 0 Å². The highest BCUT2D eigenvalue weighted by Crippen LogP contribution is 2.53. The Labute approximate surface area is 521 Å². The lowest BCUT2D eigenvalue weighted by Gasteiger charge is -2.29. The fraction of sp³-hybridized carbons (Fsp3) is 0.611. The third kappa shape index (κ3) is 24.3. The molecule has 16 heteroatoms. The predicted molar refractivity (Wildman–Crippen MR) is 342 cm³/mol. The van der Waals surface area contributed by atoms with E-state index in [0.717, 1.165) is 154 Å². The molecular weight excluding hydrogens is 1120 g/mol. The first-order valence-electron chi connectivity index (χ1n) is 33.5. The van der Waals surface area contributed by atoms with Crippen molar-refractivity contribution in [2.24, 2.45) is 0 Å². The molecule has 0 aromatic heterocycles. The van der Waals surface area contributed by atoms with Crippen molar-refractivity contribution in [1.29, 1.82) is 0 Å². The van der Waals surface area contributed by atoms with Crippen LogP contribution >= 0.6 is 0 Å². The maximum absolute atomic E-state index is 12.1. The van der Waals surface area contributed by atoms with Crippen molar-refractivity contribution in [2.45, 2.75) is 281 Å². The minimum atomic E-state index is -0.797. The quantitative estimate of drug-likeness (QED) is 0.0183. The first kappa shape index (κ1) is 71.9. The number of carboxylic acid groups (broad SMARTS) is 4. The second-order valence-electron chi connectivity index (χ2n) is 25.1. The average molecular weight is 1230 g/mol. The number of carbonyl (C=O) groups is 4. The summed E-state index contributed by atoms with van der Waals surface area (Å²) in [6, 6.07) is 12.3. The van der Waals surface area contributed by atoms with Gasteiger partial charge in [0.15, 0.2) is 0 Å². The smallest absolute Gasteiger partial charge is 0.303 e. The fourth-order valence-corrected chi connectivity index (χ4v) is 13.3. The van der Waals surface area contributed by atoms with E-state index < -0.39 is 47.5 Å². The van der Waals surface area contributed by atoms with Crippen LogP contribution in [0.25, 0.3) is 0 Å². The molecule has 88 heavy (non-hydrogen) atoms. The number of hydrogen-bond acceptors (Lipinski definition) is 12. The molecule has 12 N–H and O–H groups in total. The van der Waals surface area contributed by atoms with Gasteiger partial charge in [-0.15, -0.1) is 0 Å². The van der Waals surface area contributed by atoms with E-state index in [2.05, 4.69) is 0 Å². The number of fused-ring (bicyclic) bond motifs is 8. The second-order valence-corrected chi connectivity index (χ2v) is 25.1. The second kappa shape index (κ2) is 39.2. The summed E-state index contributed by atoms with van der Waals surface area (Å²) in [6.07, 6.45) is 29.1. The molecule has 0 unspecified atom stereocenters. The third-order valence-corrected chi connectivity index (χ3v) is 18.2. The SMILES string of the molecule is O=C(O)CCCCCCCCCCC1c2cc(c(O)cc2O)C(CCCCCCCCCCC(=O)O)c2cc(c(O)cc2O)C(CCCCCCCCCCC(=O)O)c2cc(c(O)cc2O)C(CCCCCCCCCCC(=O)O)c2cc1c(O)cc2O. The van der Waals surface area contributed by atoms with Crippen LogP contribution in [0.15, 0.2) is 48.5 Å². The first-order chi connectivity index (χ1) is 42.4. The summed E-state index contributed by atoms with van der Waals surface area (Å²) >= 11 is 0. The molecule has 0 radical (unpaired) electrons. The van der Waals surface area contributed by atoms with Crippen LogP contribution in [0.5, 0.6) is 46.0 Å². The summed E-state index contributed by atoms with van der Waals surface area (Å²) in [5.41, 5.74) is 3.36. The molecule has 0 saturated heterocycles. The molecule has 8 bridgehead atoms. The van der Waals surface area contributed by atoms with Crippen LogP contribution in [0.3, 0.4) is 0 Å². The highest BCUT2D eigenvalue weighted by molar-refractivity contribution is 5.68. The number of phenolic OH excluding ortho intramolecular Hbond substituents is 8. The van der Waals surface area contributed by atoms with Crippen molar-refractivity contribution in [3.8, 4) is 46.0 Å². The molecule has 0 amide bonds. The highest BCUT2D eigenvalue weighted by Gasteiger charge is 2.33. The maximum Gasteiger partial charge on any atom is 0.303 e. The zero-order valence-corrected chi connectivity index (χ0v) is 52.2. The van der Waals surface area contributed by atoms with Gasteiger partial charge in [-0.05, 0) is 75.6 Å². The van der Waals surface area contributed by atoms with Crippen molar-refractivity contribution < 1.29 is 80.5 Å². The monoisotopic (exact) mass is 1220 g/mol. The van der Waals surface area contributed by atoms with E-state index in [4.69, 9.17) is 20.4 Å². The van der Waals surface area contributed by atoms with E-state index in [9.17, 15) is 60.0 Å². The third-order valence-electron chi connectivity index (χ3n) is 18.2. The van der Waals surface area contributed by atoms with Crippen LogP contribution in [0, 0.1) is 0 Å². The molecule has 5 rings (SSSR count). The van der Waals surface area contributed by atoms with Gasteiger partial charge in [-0.25, -0.2) is 0 Å². The molecule has 1 aliphatic rings. The van der Waals surface area contributed by atoms with E-state index in [1.807, 2.05) is 0 Å². The minimum absolute atomic E-state index is 0.151. The molecule has 0 spiro atoms. The summed E-state index contributed by atoms with van der Waals surface area (Å²) in [4.78, 5) is 44.2. The number of unbranched alkanes of at least 4 members (excludes halogenated alkanes) is 28. The van der Waals surface area contributed by atoms with Crippen molar-refractivity contribution in [3.05, 3.63) is 93.0 Å². The normalized spacial score (nSPS) is 15.5. The molecule has 0 heterocycles. The van der Waals surface area contributed by atoms with Crippen LogP contribution in [0.4, 0.5) is 0 Å². The number of aromatic hydroxyl groups is 8. The fourth-order valence-electron chi connectivity index (χ4n) is 13.3. The molecule has 0 aliphatic heterocycles. The van der Waals surface area contributed by atoms with E-state index in [1.165, 1.54) is 24.3 Å². The number of hydrogen-bond donors (Lipinski definition) is 12. The van der Waals surface area contributed by atoms with Gasteiger partial charge in [0.1, 0.15) is 46.0 Å². The van der Waals surface area contributed by atoms with Crippen LogP contribution < -0.4 is 0 Å². The van der Waals surface area contributed by atoms with Crippen LogP contribution in [0.1, 0.15) is 325 Å². The first-order valence-corrected chi connectivity index (χ1v) is 33.5. The Morgan fingerprint density at radius 3 is 0.466 bits per heavy atom. The summed E-state index contributed by atoms with van der Waals surface area (Å²) in [6.45, 7) is 0. The molecule has 0 saturated carbocycles. The van der Waals surface area contributed by atoms with Gasteiger partial charge in [-0.2, -0.15) is 0 Å². The number of aliphatic carboxylic acids is 4. The van der Waals surface area contributed by atoms with Gasteiger partial charge >= 0.3 is 23.9 Å². The predicted octanol–water partition coefficient (Wildman–Crippen LogP) is 18.1. The van der Waals surface area contributed by atoms with E-state index in [1.54, 1.807) is 24.3 Å². The highest BCUT2D eigenvalue weighted by atomic mass is 16.4. The van der Waals surface area contributed by atoms with Gasteiger partial charge in [0.2, 0.25) is 0 Å². The molecule has 0 fully saturated rings. The molecule has 16 nitrogen and oxygen atoms in total. The number of phenols is 8. The summed E-state index contributed by atoms with van der Waals surface area (Å²) in [5, 5.41) is 133. The maximum atomic E-state index is 12.1. The van der Waals surface area contributed by atoms with Gasteiger partial charge in [-0.1, -0.05) is 180 Å². The van der Waals surface area contributed by atoms with Crippen LogP contribution in [-0.2, 0) is 19.2 Å². The Bertz CT molecular complexity index is 2310. The standard InChI is InChI=1S/C72H104O16/c73-61-45-63(75)55-41-53(61)49(33-25-17-9-1-5-13-21-29-37-69(81)82)54-42-56(64(76)46-62(54)74)51(35-27-19-11-3-7-15-23-31-39-71(85)86)58-44-60(68(80)48-66(58)78)52(36-28-20-12-4-8-16-24-32-40-72(87)88)59-43-57(65(77)47-67(59)79)50(55)34-26-18-10-2-6-14-22-30-38-70(83)84/h41-52,73-80H,1-40H2,(H,81,82)(H,83,84)(H,85,86)(H,87,88). The van der Waals surface area contributed by atoms with Crippen molar-refractivity contribution in [2.75, 3.05) is 0 Å². The average Bonchev–Trinajstić information content (AvgIpc) is 1.77. The number of rotatable bonds is 44. The van der Waals surface area contributed by atoms with Gasteiger partial charge in [0, 0.05) is 118 Å². The zero-order valence-electron chi connectivity index (χ0n) is 52.2. The molecule has 488 valence electrons. The lowest BCUT2D eigenvalue weighted by molar-refractivity contribution is -0.138. The Balaban J connectivity index is 1.63. The minimum Gasteiger partial charge on any atom is -0.508 e. The lowest BCUT2D eigenvalue weighted by Crippen LogP contribution is -2.11. The van der Waals surface area contributed by atoms with Gasteiger partial charge in [0.05, 0.1) is 0 Å². The molecular formula is C72H104O16. The Morgan fingerprint density at radius 1 is 0.205 bits per heavy atom.